The van der Waals surface area contributed by atoms with Gasteiger partial charge in [-0.1, -0.05) is 19.1 Å². The summed E-state index contributed by atoms with van der Waals surface area (Å²) < 4.78 is 12.9. The van der Waals surface area contributed by atoms with Crippen molar-refractivity contribution in [1.82, 2.24) is 10.6 Å². The predicted octanol–water partition coefficient (Wildman–Crippen LogP) is 1.48. The summed E-state index contributed by atoms with van der Waals surface area (Å²) in [5.41, 5.74) is 0.589. The molecular weight excluding hydrogens is 247 g/mol. The molecule has 0 spiro atoms. The number of carbonyl (C=O) groups is 2. The highest BCUT2D eigenvalue weighted by atomic mass is 19.1. The van der Waals surface area contributed by atoms with Gasteiger partial charge in [0.2, 0.25) is 11.8 Å². The van der Waals surface area contributed by atoms with E-state index in [1.807, 2.05) is 6.92 Å². The molecule has 1 aromatic carbocycles. The van der Waals surface area contributed by atoms with Crippen molar-refractivity contribution in [2.24, 2.45) is 0 Å². The first kappa shape index (κ1) is 14.9. The Bertz CT molecular complexity index is 472. The maximum atomic E-state index is 12.9. The van der Waals surface area contributed by atoms with E-state index >= 15 is 0 Å². The fourth-order valence-electron chi connectivity index (χ4n) is 1.34. The Hall–Kier alpha value is -2.17. The molecule has 0 unspecified atom stereocenters. The highest BCUT2D eigenvalue weighted by Crippen LogP contribution is 2.04. The van der Waals surface area contributed by atoms with Gasteiger partial charge in [-0.3, -0.25) is 9.59 Å². The third-order valence-corrected chi connectivity index (χ3v) is 2.27. The number of carbonyl (C=O) groups excluding carboxylic acids is 2. The summed E-state index contributed by atoms with van der Waals surface area (Å²) in [6.07, 6.45) is 3.60. The SMILES string of the molecule is CCCNC(=O)CNC(=O)/C=C/c1cccc(F)c1. The van der Waals surface area contributed by atoms with Gasteiger partial charge in [-0.15, -0.1) is 0 Å². The van der Waals surface area contributed by atoms with Gasteiger partial charge in [-0.2, -0.15) is 0 Å². The first-order valence-corrected chi connectivity index (χ1v) is 6.10. The van der Waals surface area contributed by atoms with Crippen molar-refractivity contribution in [3.63, 3.8) is 0 Å². The van der Waals surface area contributed by atoms with Crippen LogP contribution in [-0.4, -0.2) is 24.9 Å². The van der Waals surface area contributed by atoms with Gasteiger partial charge in [0.15, 0.2) is 0 Å². The molecule has 1 rings (SSSR count). The van der Waals surface area contributed by atoms with Crippen LogP contribution >= 0.6 is 0 Å². The molecule has 4 nitrogen and oxygen atoms in total. The molecule has 5 heteroatoms. The second-order valence-corrected chi connectivity index (χ2v) is 3.96. The standard InChI is InChI=1S/C14H17FN2O2/c1-2-8-16-14(19)10-17-13(18)7-6-11-4-3-5-12(15)9-11/h3-7,9H,2,8,10H2,1H3,(H,16,19)(H,17,18)/b7-6+. The zero-order valence-electron chi connectivity index (χ0n) is 10.8. The van der Waals surface area contributed by atoms with Crippen LogP contribution in [0.1, 0.15) is 18.9 Å². The van der Waals surface area contributed by atoms with Gasteiger partial charge in [-0.25, -0.2) is 4.39 Å². The van der Waals surface area contributed by atoms with Gasteiger partial charge in [0, 0.05) is 12.6 Å². The minimum atomic E-state index is -0.393. The quantitative estimate of drug-likeness (QED) is 0.765. The molecule has 0 saturated heterocycles. The Morgan fingerprint density at radius 1 is 1.32 bits per heavy atom. The van der Waals surface area contributed by atoms with Gasteiger partial charge in [0.1, 0.15) is 5.82 Å². The molecule has 0 aliphatic rings. The number of rotatable bonds is 6. The molecule has 2 amide bonds. The van der Waals surface area contributed by atoms with E-state index in [1.165, 1.54) is 24.3 Å². The van der Waals surface area contributed by atoms with Gasteiger partial charge in [-0.05, 0) is 30.2 Å². The largest absolute Gasteiger partial charge is 0.355 e. The van der Waals surface area contributed by atoms with Crippen LogP contribution in [0.3, 0.4) is 0 Å². The molecule has 0 aliphatic heterocycles. The summed E-state index contributed by atoms with van der Waals surface area (Å²) in [5.74, 6) is -0.980. The molecule has 0 aromatic heterocycles. The highest BCUT2D eigenvalue weighted by Gasteiger charge is 2.01. The topological polar surface area (TPSA) is 58.2 Å². The van der Waals surface area contributed by atoms with Crippen molar-refractivity contribution in [2.45, 2.75) is 13.3 Å². The lowest BCUT2D eigenvalue weighted by Crippen LogP contribution is -2.36. The zero-order chi connectivity index (χ0) is 14.1. The molecular formula is C14H17FN2O2. The molecule has 0 bridgehead atoms. The smallest absolute Gasteiger partial charge is 0.244 e. The normalized spacial score (nSPS) is 10.4. The van der Waals surface area contributed by atoms with E-state index in [0.29, 0.717) is 12.1 Å². The van der Waals surface area contributed by atoms with Crippen LogP contribution in [0.15, 0.2) is 30.3 Å². The minimum absolute atomic E-state index is 0.0632. The van der Waals surface area contributed by atoms with Crippen molar-refractivity contribution >= 4 is 17.9 Å². The second-order valence-electron chi connectivity index (χ2n) is 3.96. The number of halogens is 1. The monoisotopic (exact) mass is 264 g/mol. The maximum Gasteiger partial charge on any atom is 0.244 e. The van der Waals surface area contributed by atoms with E-state index in [9.17, 15) is 14.0 Å². The minimum Gasteiger partial charge on any atom is -0.355 e. The molecule has 0 heterocycles. The Morgan fingerprint density at radius 2 is 2.11 bits per heavy atom. The zero-order valence-corrected chi connectivity index (χ0v) is 10.8. The van der Waals surface area contributed by atoms with Crippen LogP contribution in [0.4, 0.5) is 4.39 Å². The van der Waals surface area contributed by atoms with Gasteiger partial charge < -0.3 is 10.6 Å². The fraction of sp³-hybridized carbons (Fsp3) is 0.286. The molecule has 2 N–H and O–H groups in total. The molecule has 0 radical (unpaired) electrons. The Kier molecular flexibility index (Phi) is 6.29. The van der Waals surface area contributed by atoms with Crippen LogP contribution in [0.2, 0.25) is 0 Å². The summed E-state index contributed by atoms with van der Waals surface area (Å²) >= 11 is 0. The van der Waals surface area contributed by atoms with Gasteiger partial charge in [0.05, 0.1) is 6.54 Å². The number of benzene rings is 1. The summed E-state index contributed by atoms with van der Waals surface area (Å²) in [6, 6.07) is 5.89. The molecule has 0 aliphatic carbocycles. The van der Waals surface area contributed by atoms with Crippen LogP contribution < -0.4 is 10.6 Å². The number of nitrogens with one attached hydrogen (secondary N) is 2. The molecule has 102 valence electrons. The third kappa shape index (κ3) is 6.35. The van der Waals surface area contributed by atoms with E-state index in [4.69, 9.17) is 0 Å². The maximum absolute atomic E-state index is 12.9. The molecule has 0 saturated carbocycles. The van der Waals surface area contributed by atoms with Crippen molar-refractivity contribution < 1.29 is 14.0 Å². The van der Waals surface area contributed by atoms with E-state index in [0.717, 1.165) is 6.42 Å². The van der Waals surface area contributed by atoms with Gasteiger partial charge in [0.25, 0.3) is 0 Å². The lowest BCUT2D eigenvalue weighted by molar-refractivity contribution is -0.123. The van der Waals surface area contributed by atoms with E-state index in [1.54, 1.807) is 12.1 Å². The first-order chi connectivity index (χ1) is 9.11. The lowest BCUT2D eigenvalue weighted by atomic mass is 10.2. The van der Waals surface area contributed by atoms with Crippen molar-refractivity contribution in [2.75, 3.05) is 13.1 Å². The van der Waals surface area contributed by atoms with Crippen LogP contribution in [0.25, 0.3) is 6.08 Å². The summed E-state index contributed by atoms with van der Waals surface area (Å²) in [5, 5.41) is 5.09. The Morgan fingerprint density at radius 3 is 2.79 bits per heavy atom. The van der Waals surface area contributed by atoms with Crippen LogP contribution in [0, 0.1) is 5.82 Å². The van der Waals surface area contributed by atoms with Crippen molar-refractivity contribution in [3.05, 3.63) is 41.7 Å². The molecule has 0 atom stereocenters. The highest BCUT2D eigenvalue weighted by molar-refractivity contribution is 5.94. The Balaban J connectivity index is 2.37. The van der Waals surface area contributed by atoms with E-state index in [-0.39, 0.29) is 18.3 Å². The second kappa shape index (κ2) is 8.02. The number of amides is 2. The average Bonchev–Trinajstić information content (AvgIpc) is 2.40. The van der Waals surface area contributed by atoms with E-state index in [2.05, 4.69) is 10.6 Å². The van der Waals surface area contributed by atoms with Crippen LogP contribution in [0.5, 0.6) is 0 Å². The lowest BCUT2D eigenvalue weighted by Gasteiger charge is -2.03. The molecule has 19 heavy (non-hydrogen) atoms. The molecule has 1 aromatic rings. The number of hydrogen-bond donors (Lipinski definition) is 2. The third-order valence-electron chi connectivity index (χ3n) is 2.27. The predicted molar refractivity (Wildman–Crippen MR) is 71.7 cm³/mol. The Labute approximate surface area is 111 Å². The fourth-order valence-corrected chi connectivity index (χ4v) is 1.34. The summed E-state index contributed by atoms with van der Waals surface area (Å²) in [6.45, 7) is 2.47. The molecule has 0 fully saturated rings. The van der Waals surface area contributed by atoms with Crippen molar-refractivity contribution in [3.8, 4) is 0 Å². The first-order valence-electron chi connectivity index (χ1n) is 6.10. The summed E-state index contributed by atoms with van der Waals surface area (Å²) in [7, 11) is 0. The van der Waals surface area contributed by atoms with Crippen molar-refractivity contribution in [1.29, 1.82) is 0 Å². The van der Waals surface area contributed by atoms with Crippen LogP contribution in [-0.2, 0) is 9.59 Å². The van der Waals surface area contributed by atoms with Gasteiger partial charge >= 0.3 is 0 Å². The van der Waals surface area contributed by atoms with E-state index < -0.39 is 5.91 Å². The average molecular weight is 264 g/mol. The summed E-state index contributed by atoms with van der Waals surface area (Å²) in [4.78, 5) is 22.6. The number of hydrogen-bond acceptors (Lipinski definition) is 2.